The minimum Gasteiger partial charge on any atom is -0.0654 e. The summed E-state index contributed by atoms with van der Waals surface area (Å²) in [5.41, 5.74) is 0. The Labute approximate surface area is 130 Å². The molecule has 3 atom stereocenters. The van der Waals surface area contributed by atoms with E-state index < -0.39 is 0 Å². The van der Waals surface area contributed by atoms with Gasteiger partial charge in [-0.3, -0.25) is 0 Å². The summed E-state index contributed by atoms with van der Waals surface area (Å²) in [6.45, 7) is 13.5. The zero-order valence-corrected chi connectivity index (χ0v) is 14.9. The first-order chi connectivity index (χ1) is 9.60. The van der Waals surface area contributed by atoms with Crippen molar-refractivity contribution in [1.82, 2.24) is 0 Å². The van der Waals surface area contributed by atoms with E-state index in [0.717, 1.165) is 24.2 Å². The summed E-state index contributed by atoms with van der Waals surface area (Å²) >= 11 is 0. The smallest absolute Gasteiger partial charge is 0.0440 e. The van der Waals surface area contributed by atoms with E-state index in [1.54, 1.807) is 0 Å². The molecule has 0 aliphatic rings. The molecule has 1 radical (unpaired) electrons. The van der Waals surface area contributed by atoms with Gasteiger partial charge in [0, 0.05) is 0 Å². The highest BCUT2D eigenvalue weighted by atomic mass is 14.2. The van der Waals surface area contributed by atoms with Crippen LogP contribution in [0, 0.1) is 24.7 Å². The lowest BCUT2D eigenvalue weighted by Crippen LogP contribution is -2.05. The molecule has 0 heteroatoms. The predicted molar refractivity (Wildman–Crippen MR) is 93.9 cm³/mol. The fraction of sp³-hybridized carbons (Fsp3) is 0.950. The Morgan fingerprint density at radius 2 is 1.15 bits per heavy atom. The van der Waals surface area contributed by atoms with E-state index in [1.165, 1.54) is 70.6 Å². The van der Waals surface area contributed by atoms with Crippen LogP contribution in [0.25, 0.3) is 0 Å². The third kappa shape index (κ3) is 13.0. The maximum Gasteiger partial charge on any atom is -0.0440 e. The normalized spacial score (nSPS) is 16.1. The second kappa shape index (κ2) is 14.0. The molecule has 20 heavy (non-hydrogen) atoms. The van der Waals surface area contributed by atoms with Crippen molar-refractivity contribution in [3.63, 3.8) is 0 Å². The molecule has 0 heterocycles. The summed E-state index contributed by atoms with van der Waals surface area (Å²) < 4.78 is 0. The SMILES string of the molecule is [CH2]CC(C)CCC(C)CC(C)CCCCCCCCC. The highest BCUT2D eigenvalue weighted by Gasteiger charge is 2.10. The number of hydrogen-bond acceptors (Lipinski definition) is 0. The van der Waals surface area contributed by atoms with Gasteiger partial charge in [0.2, 0.25) is 0 Å². The molecule has 0 aromatic heterocycles. The molecule has 0 aliphatic carbocycles. The van der Waals surface area contributed by atoms with E-state index >= 15 is 0 Å². The van der Waals surface area contributed by atoms with Crippen LogP contribution in [0.2, 0.25) is 0 Å². The second-order valence-corrected chi connectivity index (χ2v) is 7.33. The number of rotatable bonds is 14. The van der Waals surface area contributed by atoms with Gasteiger partial charge in [0.1, 0.15) is 0 Å². The van der Waals surface area contributed by atoms with Crippen LogP contribution in [-0.4, -0.2) is 0 Å². The van der Waals surface area contributed by atoms with Crippen LogP contribution >= 0.6 is 0 Å². The second-order valence-electron chi connectivity index (χ2n) is 7.33. The molecule has 121 valence electrons. The zero-order valence-electron chi connectivity index (χ0n) is 14.9. The fourth-order valence-electron chi connectivity index (χ4n) is 3.09. The van der Waals surface area contributed by atoms with Gasteiger partial charge < -0.3 is 0 Å². The highest BCUT2D eigenvalue weighted by Crippen LogP contribution is 2.23. The molecule has 0 fully saturated rings. The fourth-order valence-corrected chi connectivity index (χ4v) is 3.09. The van der Waals surface area contributed by atoms with Crippen molar-refractivity contribution in [1.29, 1.82) is 0 Å². The molecule has 0 saturated heterocycles. The van der Waals surface area contributed by atoms with Crippen LogP contribution in [0.15, 0.2) is 0 Å². The molecular formula is C20H41. The quantitative estimate of drug-likeness (QED) is 0.290. The lowest BCUT2D eigenvalue weighted by atomic mass is 9.88. The molecule has 0 aromatic rings. The largest absolute Gasteiger partial charge is 0.0654 e. The monoisotopic (exact) mass is 281 g/mol. The maximum atomic E-state index is 4.00. The van der Waals surface area contributed by atoms with Crippen molar-refractivity contribution in [2.75, 3.05) is 0 Å². The van der Waals surface area contributed by atoms with Gasteiger partial charge in [0.05, 0.1) is 0 Å². The van der Waals surface area contributed by atoms with Gasteiger partial charge in [-0.1, -0.05) is 105 Å². The molecular weight excluding hydrogens is 240 g/mol. The summed E-state index contributed by atoms with van der Waals surface area (Å²) in [5, 5.41) is 0. The Balaban J connectivity index is 3.41. The van der Waals surface area contributed by atoms with E-state index in [2.05, 4.69) is 34.6 Å². The first-order valence-corrected chi connectivity index (χ1v) is 9.39. The summed E-state index contributed by atoms with van der Waals surface area (Å²) in [5.74, 6) is 2.65. The summed E-state index contributed by atoms with van der Waals surface area (Å²) in [6.07, 6.45) is 16.8. The van der Waals surface area contributed by atoms with Crippen molar-refractivity contribution in [3.8, 4) is 0 Å². The molecule has 0 amide bonds. The Morgan fingerprint density at radius 3 is 1.75 bits per heavy atom. The molecule has 0 aliphatic heterocycles. The first-order valence-electron chi connectivity index (χ1n) is 9.39. The van der Waals surface area contributed by atoms with E-state index in [9.17, 15) is 0 Å². The van der Waals surface area contributed by atoms with Gasteiger partial charge >= 0.3 is 0 Å². The number of unbranched alkanes of at least 4 members (excludes halogenated alkanes) is 6. The standard InChI is InChI=1S/C20H41/c1-6-8-9-10-11-12-13-14-19(4)17-20(5)16-15-18(3)7-2/h18-20H,2,6-17H2,1,3-5H3. The molecule has 0 saturated carbocycles. The van der Waals surface area contributed by atoms with Crippen LogP contribution in [0.1, 0.15) is 105 Å². The molecule has 0 rings (SSSR count). The number of hydrogen-bond donors (Lipinski definition) is 0. The Kier molecular flexibility index (Phi) is 14.0. The average Bonchev–Trinajstić information content (AvgIpc) is 2.43. The predicted octanol–water partition coefficient (Wildman–Crippen LogP) is 7.43. The lowest BCUT2D eigenvalue weighted by molar-refractivity contribution is 0.342. The Morgan fingerprint density at radius 1 is 0.650 bits per heavy atom. The maximum absolute atomic E-state index is 4.00. The van der Waals surface area contributed by atoms with Gasteiger partial charge in [-0.15, -0.1) is 0 Å². The van der Waals surface area contributed by atoms with Crippen LogP contribution in [0.5, 0.6) is 0 Å². The molecule has 0 spiro atoms. The van der Waals surface area contributed by atoms with Crippen molar-refractivity contribution in [2.24, 2.45) is 17.8 Å². The Hall–Kier alpha value is 0. The average molecular weight is 282 g/mol. The van der Waals surface area contributed by atoms with E-state index in [1.807, 2.05) is 0 Å². The van der Waals surface area contributed by atoms with Crippen molar-refractivity contribution in [2.45, 2.75) is 105 Å². The summed E-state index contributed by atoms with van der Waals surface area (Å²) in [4.78, 5) is 0. The van der Waals surface area contributed by atoms with Crippen molar-refractivity contribution in [3.05, 3.63) is 6.92 Å². The third-order valence-electron chi connectivity index (χ3n) is 4.75. The molecule has 0 aromatic carbocycles. The van der Waals surface area contributed by atoms with E-state index in [0.29, 0.717) is 0 Å². The van der Waals surface area contributed by atoms with Gasteiger partial charge in [0.25, 0.3) is 0 Å². The van der Waals surface area contributed by atoms with Crippen LogP contribution in [0.3, 0.4) is 0 Å². The topological polar surface area (TPSA) is 0 Å². The summed E-state index contributed by atoms with van der Waals surface area (Å²) in [7, 11) is 0. The van der Waals surface area contributed by atoms with Crippen LogP contribution in [-0.2, 0) is 0 Å². The molecule has 0 nitrogen and oxygen atoms in total. The van der Waals surface area contributed by atoms with Gasteiger partial charge in [0.15, 0.2) is 0 Å². The highest BCUT2D eigenvalue weighted by molar-refractivity contribution is 4.63. The van der Waals surface area contributed by atoms with Gasteiger partial charge in [-0.2, -0.15) is 0 Å². The van der Waals surface area contributed by atoms with Crippen LogP contribution in [0.4, 0.5) is 0 Å². The minimum atomic E-state index is 0.816. The van der Waals surface area contributed by atoms with Gasteiger partial charge in [-0.05, 0) is 24.2 Å². The molecule has 0 N–H and O–H groups in total. The minimum absolute atomic E-state index is 0.816. The van der Waals surface area contributed by atoms with E-state index in [4.69, 9.17) is 0 Å². The van der Waals surface area contributed by atoms with Crippen LogP contribution < -0.4 is 0 Å². The lowest BCUT2D eigenvalue weighted by Gasteiger charge is -2.18. The van der Waals surface area contributed by atoms with E-state index in [-0.39, 0.29) is 0 Å². The molecule has 0 bridgehead atoms. The third-order valence-corrected chi connectivity index (χ3v) is 4.75. The first kappa shape index (κ1) is 20.0. The molecule has 3 unspecified atom stereocenters. The summed E-state index contributed by atoms with van der Waals surface area (Å²) in [6, 6.07) is 0. The van der Waals surface area contributed by atoms with Gasteiger partial charge in [-0.25, -0.2) is 0 Å². The Bertz CT molecular complexity index is 184. The van der Waals surface area contributed by atoms with Crippen molar-refractivity contribution >= 4 is 0 Å². The zero-order chi connectivity index (χ0) is 15.2. The van der Waals surface area contributed by atoms with Crippen molar-refractivity contribution < 1.29 is 0 Å².